The molecule has 9 heteroatoms. The molecule has 28 heavy (non-hydrogen) atoms. The smallest absolute Gasteiger partial charge is 0.243 e. The fourth-order valence-electron chi connectivity index (χ4n) is 3.79. The number of benzene rings is 1. The van der Waals surface area contributed by atoms with E-state index in [1.807, 2.05) is 4.90 Å². The highest BCUT2D eigenvalue weighted by atomic mass is 32.2. The van der Waals surface area contributed by atoms with Crippen molar-refractivity contribution in [2.45, 2.75) is 24.7 Å². The van der Waals surface area contributed by atoms with Gasteiger partial charge in [-0.3, -0.25) is 4.79 Å². The van der Waals surface area contributed by atoms with E-state index in [1.165, 1.54) is 11.2 Å². The number of hydrogen-bond acceptors (Lipinski definition) is 6. The molecule has 2 aliphatic heterocycles. The lowest BCUT2D eigenvalue weighted by Gasteiger charge is -2.34. The average molecular weight is 401 g/mol. The van der Waals surface area contributed by atoms with E-state index in [9.17, 15) is 13.2 Å². The van der Waals surface area contributed by atoms with Crippen LogP contribution in [0.4, 0.5) is 11.6 Å². The van der Waals surface area contributed by atoms with Crippen molar-refractivity contribution in [2.24, 2.45) is 0 Å². The Hall–Kier alpha value is -2.52. The molecule has 1 amide bonds. The second-order valence-electron chi connectivity index (χ2n) is 7.00. The lowest BCUT2D eigenvalue weighted by molar-refractivity contribution is -0.116. The van der Waals surface area contributed by atoms with Gasteiger partial charge < -0.3 is 9.80 Å². The minimum atomic E-state index is -3.58. The molecule has 2 aliphatic rings. The van der Waals surface area contributed by atoms with Gasteiger partial charge in [-0.1, -0.05) is 0 Å². The van der Waals surface area contributed by atoms with Crippen molar-refractivity contribution in [3.63, 3.8) is 0 Å². The number of aromatic nitrogens is 2. The molecular formula is C19H23N5O3S. The highest BCUT2D eigenvalue weighted by Crippen LogP contribution is 2.30. The Labute approximate surface area is 164 Å². The van der Waals surface area contributed by atoms with Crippen molar-refractivity contribution in [2.75, 3.05) is 42.5 Å². The number of hydrogen-bond donors (Lipinski definition) is 0. The predicted molar refractivity (Wildman–Crippen MR) is 106 cm³/mol. The van der Waals surface area contributed by atoms with Crippen LogP contribution in [0.3, 0.4) is 0 Å². The summed E-state index contributed by atoms with van der Waals surface area (Å²) in [6.07, 6.45) is 4.99. The van der Waals surface area contributed by atoms with Crippen LogP contribution < -0.4 is 9.80 Å². The maximum atomic E-state index is 13.1. The summed E-state index contributed by atoms with van der Waals surface area (Å²) in [5.74, 6) is 0.605. The quantitative estimate of drug-likeness (QED) is 0.770. The largest absolute Gasteiger partial charge is 0.338 e. The lowest BCUT2D eigenvalue weighted by Crippen LogP contribution is -2.49. The topological polar surface area (TPSA) is 86.7 Å². The number of rotatable bonds is 3. The summed E-state index contributed by atoms with van der Waals surface area (Å²) < 4.78 is 27.8. The van der Waals surface area contributed by atoms with E-state index in [1.54, 1.807) is 41.6 Å². The molecule has 1 fully saturated rings. The Bertz CT molecular complexity index is 972. The van der Waals surface area contributed by atoms with Gasteiger partial charge in [-0.15, -0.1) is 0 Å². The molecule has 0 unspecified atom stereocenters. The predicted octanol–water partition coefficient (Wildman–Crippen LogP) is 1.29. The molecule has 0 bridgehead atoms. The Morgan fingerprint density at radius 3 is 2.43 bits per heavy atom. The summed E-state index contributed by atoms with van der Waals surface area (Å²) in [7, 11) is -3.58. The molecule has 0 spiro atoms. The molecule has 8 nitrogen and oxygen atoms in total. The van der Waals surface area contributed by atoms with E-state index in [0.717, 1.165) is 24.1 Å². The van der Waals surface area contributed by atoms with E-state index in [0.29, 0.717) is 43.6 Å². The second-order valence-corrected chi connectivity index (χ2v) is 8.94. The van der Waals surface area contributed by atoms with Crippen LogP contribution in [0.5, 0.6) is 0 Å². The molecule has 148 valence electrons. The SMILES string of the molecule is CC(=O)N1CCCc2cc(S(=O)(=O)N3CCN(c4ncccn4)CC3)ccc21. The summed E-state index contributed by atoms with van der Waals surface area (Å²) in [4.78, 5) is 24.3. The minimum absolute atomic E-state index is 0.0178. The first-order valence-electron chi connectivity index (χ1n) is 9.40. The number of amides is 1. The molecule has 1 saturated heterocycles. The molecule has 0 atom stereocenters. The van der Waals surface area contributed by atoms with Crippen LogP contribution in [0, 0.1) is 0 Å². The summed E-state index contributed by atoms with van der Waals surface area (Å²) in [5.41, 5.74) is 1.74. The Morgan fingerprint density at radius 1 is 1.04 bits per heavy atom. The third kappa shape index (κ3) is 3.47. The molecule has 0 N–H and O–H groups in total. The average Bonchev–Trinajstić information content (AvgIpc) is 2.73. The van der Waals surface area contributed by atoms with Crippen molar-refractivity contribution in [3.05, 3.63) is 42.2 Å². The van der Waals surface area contributed by atoms with E-state index in [2.05, 4.69) is 9.97 Å². The van der Waals surface area contributed by atoms with E-state index in [4.69, 9.17) is 0 Å². The van der Waals surface area contributed by atoms with Gasteiger partial charge in [0.05, 0.1) is 4.90 Å². The Morgan fingerprint density at radius 2 is 1.75 bits per heavy atom. The molecular weight excluding hydrogens is 378 g/mol. The number of carbonyl (C=O) groups is 1. The molecule has 0 radical (unpaired) electrons. The van der Waals surface area contributed by atoms with Crippen LogP contribution >= 0.6 is 0 Å². The highest BCUT2D eigenvalue weighted by Gasteiger charge is 2.30. The van der Waals surface area contributed by atoms with Crippen LogP contribution in [0.15, 0.2) is 41.6 Å². The van der Waals surface area contributed by atoms with Gasteiger partial charge in [0.15, 0.2) is 0 Å². The molecule has 1 aromatic carbocycles. The number of piperazine rings is 1. The molecule has 4 rings (SSSR count). The van der Waals surface area contributed by atoms with E-state index in [-0.39, 0.29) is 5.91 Å². The molecule has 2 aromatic rings. The van der Waals surface area contributed by atoms with Gasteiger partial charge in [-0.2, -0.15) is 4.31 Å². The van der Waals surface area contributed by atoms with Gasteiger partial charge >= 0.3 is 0 Å². The van der Waals surface area contributed by atoms with Crippen LogP contribution in [-0.2, 0) is 21.2 Å². The van der Waals surface area contributed by atoms with Crippen molar-refractivity contribution in [1.82, 2.24) is 14.3 Å². The summed E-state index contributed by atoms with van der Waals surface area (Å²) in [6.45, 7) is 4.08. The van der Waals surface area contributed by atoms with E-state index < -0.39 is 10.0 Å². The monoisotopic (exact) mass is 401 g/mol. The second kappa shape index (κ2) is 7.48. The molecule has 0 saturated carbocycles. The van der Waals surface area contributed by atoms with Gasteiger partial charge in [-0.25, -0.2) is 18.4 Å². The Kier molecular flexibility index (Phi) is 5.03. The van der Waals surface area contributed by atoms with Crippen LogP contribution in [0.2, 0.25) is 0 Å². The fourth-order valence-corrected chi connectivity index (χ4v) is 5.27. The zero-order chi connectivity index (χ0) is 19.7. The number of nitrogens with zero attached hydrogens (tertiary/aromatic N) is 5. The van der Waals surface area contributed by atoms with Crippen molar-refractivity contribution < 1.29 is 13.2 Å². The van der Waals surface area contributed by atoms with Crippen molar-refractivity contribution in [3.8, 4) is 0 Å². The third-order valence-electron chi connectivity index (χ3n) is 5.26. The first-order valence-corrected chi connectivity index (χ1v) is 10.8. The number of fused-ring (bicyclic) bond motifs is 1. The number of sulfonamides is 1. The van der Waals surface area contributed by atoms with Gasteiger partial charge in [-0.05, 0) is 42.7 Å². The maximum Gasteiger partial charge on any atom is 0.243 e. The van der Waals surface area contributed by atoms with Crippen molar-refractivity contribution in [1.29, 1.82) is 0 Å². The highest BCUT2D eigenvalue weighted by molar-refractivity contribution is 7.89. The zero-order valence-corrected chi connectivity index (χ0v) is 16.6. The van der Waals surface area contributed by atoms with Crippen LogP contribution in [0.25, 0.3) is 0 Å². The zero-order valence-electron chi connectivity index (χ0n) is 15.8. The van der Waals surface area contributed by atoms with Gasteiger partial charge in [0.25, 0.3) is 0 Å². The summed E-state index contributed by atoms with van der Waals surface area (Å²) in [5, 5.41) is 0. The first-order chi connectivity index (χ1) is 13.5. The third-order valence-corrected chi connectivity index (χ3v) is 7.16. The fraction of sp³-hybridized carbons (Fsp3) is 0.421. The maximum absolute atomic E-state index is 13.1. The lowest BCUT2D eigenvalue weighted by atomic mass is 10.0. The van der Waals surface area contributed by atoms with E-state index >= 15 is 0 Å². The summed E-state index contributed by atoms with van der Waals surface area (Å²) in [6, 6.07) is 6.86. The van der Waals surface area contributed by atoms with Gasteiger partial charge in [0.1, 0.15) is 0 Å². The van der Waals surface area contributed by atoms with Crippen molar-refractivity contribution >= 4 is 27.6 Å². The standard InChI is InChI=1S/C19H23N5O3S/c1-15(25)24-9-2-4-16-14-17(5-6-18(16)24)28(26,27)23-12-10-22(11-13-23)19-20-7-3-8-21-19/h3,5-8,14H,2,4,9-13H2,1H3. The number of aryl methyl sites for hydroxylation is 1. The van der Waals surface area contributed by atoms with Gasteiger partial charge in [0.2, 0.25) is 21.9 Å². The number of anilines is 2. The molecule has 0 aliphatic carbocycles. The van der Waals surface area contributed by atoms with Crippen LogP contribution in [0.1, 0.15) is 18.9 Å². The first kappa shape index (κ1) is 18.8. The minimum Gasteiger partial charge on any atom is -0.338 e. The normalized spacial score (nSPS) is 18.0. The van der Waals surface area contributed by atoms with Crippen LogP contribution in [-0.4, -0.2) is 61.3 Å². The molecule has 3 heterocycles. The number of carbonyl (C=O) groups excluding carboxylic acids is 1. The Balaban J connectivity index is 1.52. The molecule has 1 aromatic heterocycles. The van der Waals surface area contributed by atoms with Gasteiger partial charge in [0, 0.05) is 57.7 Å². The summed E-state index contributed by atoms with van der Waals surface area (Å²) >= 11 is 0.